The molecule has 39 heavy (non-hydrogen) atoms. The third-order valence-electron chi connectivity index (χ3n) is 8.73. The van der Waals surface area contributed by atoms with Gasteiger partial charge in [-0.3, -0.25) is 0 Å². The van der Waals surface area contributed by atoms with Crippen LogP contribution in [0.5, 0.6) is 0 Å². The van der Waals surface area contributed by atoms with E-state index in [0.29, 0.717) is 0 Å². The third-order valence-corrected chi connectivity index (χ3v) is 8.73. The van der Waals surface area contributed by atoms with Crippen molar-refractivity contribution in [2.75, 3.05) is 0 Å². The third kappa shape index (κ3) is 2.73. The van der Waals surface area contributed by atoms with E-state index in [2.05, 4.69) is 95.2 Å². The molecule has 0 saturated heterocycles. The number of hydrogen-bond acceptors (Lipinski definition) is 4. The van der Waals surface area contributed by atoms with Crippen molar-refractivity contribution in [3.05, 3.63) is 130 Å². The summed E-state index contributed by atoms with van der Waals surface area (Å²) in [4.78, 5) is 0. The fourth-order valence-electron chi connectivity index (χ4n) is 7.24. The van der Waals surface area contributed by atoms with Crippen LogP contribution in [0.25, 0.3) is 44.5 Å². The van der Waals surface area contributed by atoms with Crippen molar-refractivity contribution in [3.63, 3.8) is 0 Å². The summed E-state index contributed by atoms with van der Waals surface area (Å²) in [6.07, 6.45) is 0. The van der Waals surface area contributed by atoms with Crippen LogP contribution in [0.15, 0.2) is 94.0 Å². The molecular weight excluding hydrogens is 480 g/mol. The van der Waals surface area contributed by atoms with Gasteiger partial charge in [-0.05, 0) is 95.5 Å². The van der Waals surface area contributed by atoms with Crippen LogP contribution in [-0.2, 0) is 5.41 Å². The van der Waals surface area contributed by atoms with Crippen LogP contribution in [0.4, 0.5) is 0 Å². The first kappa shape index (κ1) is 22.3. The van der Waals surface area contributed by atoms with Crippen LogP contribution in [0.1, 0.15) is 45.2 Å². The predicted molar refractivity (Wildman–Crippen MR) is 153 cm³/mol. The van der Waals surface area contributed by atoms with E-state index in [9.17, 15) is 0 Å². The molecular formula is C35H26N2O2. The zero-order valence-corrected chi connectivity index (χ0v) is 22.3. The molecule has 1 spiro atoms. The minimum Gasteiger partial charge on any atom is -0.361 e. The number of benzene rings is 4. The smallest absolute Gasteiger partial charge is 0.141 e. The van der Waals surface area contributed by atoms with Crippen molar-refractivity contribution in [2.45, 2.75) is 33.1 Å². The largest absolute Gasteiger partial charge is 0.361 e. The average molecular weight is 507 g/mol. The molecule has 0 N–H and O–H groups in total. The van der Waals surface area contributed by atoms with Crippen molar-refractivity contribution >= 4 is 0 Å². The van der Waals surface area contributed by atoms with Gasteiger partial charge in [-0.15, -0.1) is 0 Å². The molecule has 2 heterocycles. The maximum Gasteiger partial charge on any atom is 0.141 e. The highest BCUT2D eigenvalue weighted by atomic mass is 16.5. The van der Waals surface area contributed by atoms with Crippen LogP contribution in [-0.4, -0.2) is 10.3 Å². The van der Waals surface area contributed by atoms with Crippen LogP contribution in [0.3, 0.4) is 0 Å². The zero-order valence-electron chi connectivity index (χ0n) is 22.3. The normalized spacial score (nSPS) is 13.8. The Morgan fingerprint density at radius 2 is 0.897 bits per heavy atom. The molecule has 4 aromatic carbocycles. The first-order valence-electron chi connectivity index (χ1n) is 13.4. The Hall–Kier alpha value is -4.70. The Labute approximate surface area is 226 Å². The molecule has 4 nitrogen and oxygen atoms in total. The summed E-state index contributed by atoms with van der Waals surface area (Å²) >= 11 is 0. The monoisotopic (exact) mass is 506 g/mol. The Morgan fingerprint density at radius 3 is 1.31 bits per heavy atom. The quantitative estimate of drug-likeness (QED) is 0.236. The second-order valence-corrected chi connectivity index (χ2v) is 10.8. The Bertz CT molecular complexity index is 1790. The van der Waals surface area contributed by atoms with Gasteiger partial charge in [-0.2, -0.15) is 0 Å². The van der Waals surface area contributed by atoms with Crippen molar-refractivity contribution in [1.29, 1.82) is 0 Å². The van der Waals surface area contributed by atoms with Crippen molar-refractivity contribution in [3.8, 4) is 44.5 Å². The molecule has 188 valence electrons. The molecule has 0 saturated carbocycles. The van der Waals surface area contributed by atoms with Crippen LogP contribution < -0.4 is 0 Å². The SMILES string of the molecule is Cc1noc(C)c1-c1ccc2c(c1)C1(c3ccccc3-c3ccccc31)c1cc(-c3c(C)noc3C)ccc1-2. The number of aromatic nitrogens is 2. The lowest BCUT2D eigenvalue weighted by Gasteiger charge is -2.31. The summed E-state index contributed by atoms with van der Waals surface area (Å²) in [5.74, 6) is 1.68. The maximum atomic E-state index is 5.58. The van der Waals surface area contributed by atoms with Crippen LogP contribution >= 0.6 is 0 Å². The van der Waals surface area contributed by atoms with Gasteiger partial charge >= 0.3 is 0 Å². The Kier molecular flexibility index (Phi) is 4.39. The minimum absolute atomic E-state index is 0.443. The molecule has 8 rings (SSSR count). The lowest BCUT2D eigenvalue weighted by atomic mass is 9.70. The summed E-state index contributed by atoms with van der Waals surface area (Å²) in [5, 5.41) is 8.51. The standard InChI is InChI=1S/C35H26N2O2/c1-19-33(21(3)38-36-19)23-13-15-27-28-16-14-24(34-20(2)37-39-22(34)4)18-32(28)35(31(27)17-23)29-11-7-5-9-25(29)26-10-6-8-12-30(26)35/h5-18H,1-4H3. The molecule has 0 unspecified atom stereocenters. The molecule has 0 fully saturated rings. The highest BCUT2D eigenvalue weighted by Crippen LogP contribution is 2.63. The van der Waals surface area contributed by atoms with Crippen molar-refractivity contribution in [2.24, 2.45) is 0 Å². The summed E-state index contributed by atoms with van der Waals surface area (Å²) in [6.45, 7) is 8.01. The molecule has 4 heteroatoms. The number of nitrogens with zero attached hydrogens (tertiary/aromatic N) is 2. The van der Waals surface area contributed by atoms with Gasteiger partial charge in [-0.1, -0.05) is 83.1 Å². The van der Waals surface area contributed by atoms with E-state index < -0.39 is 5.41 Å². The zero-order chi connectivity index (χ0) is 26.5. The Morgan fingerprint density at radius 1 is 0.487 bits per heavy atom. The summed E-state index contributed by atoms with van der Waals surface area (Å²) in [7, 11) is 0. The number of fused-ring (bicyclic) bond motifs is 10. The second kappa shape index (κ2) is 7.67. The summed E-state index contributed by atoms with van der Waals surface area (Å²) < 4.78 is 11.2. The molecule has 0 aliphatic heterocycles. The Balaban J connectivity index is 1.51. The molecule has 0 amide bonds. The fraction of sp³-hybridized carbons (Fsp3) is 0.143. The molecule has 0 atom stereocenters. The number of aryl methyl sites for hydroxylation is 4. The predicted octanol–water partition coefficient (Wildman–Crippen LogP) is 8.57. The van der Waals surface area contributed by atoms with E-state index in [4.69, 9.17) is 9.05 Å². The van der Waals surface area contributed by atoms with E-state index in [1.54, 1.807) is 0 Å². The molecule has 0 radical (unpaired) electrons. The topological polar surface area (TPSA) is 52.1 Å². The molecule has 2 aliphatic carbocycles. The van der Waals surface area contributed by atoms with Gasteiger partial charge in [0.1, 0.15) is 11.5 Å². The number of hydrogen-bond donors (Lipinski definition) is 0. The first-order chi connectivity index (χ1) is 19.0. The van der Waals surface area contributed by atoms with E-state index >= 15 is 0 Å². The van der Waals surface area contributed by atoms with Crippen LogP contribution in [0, 0.1) is 27.7 Å². The molecule has 2 aliphatic rings. The van der Waals surface area contributed by atoms with Gasteiger partial charge in [0.05, 0.1) is 16.8 Å². The minimum atomic E-state index is -0.443. The highest BCUT2D eigenvalue weighted by molar-refractivity contribution is 5.97. The van der Waals surface area contributed by atoms with Gasteiger partial charge < -0.3 is 9.05 Å². The average Bonchev–Trinajstić information content (AvgIpc) is 3.65. The van der Waals surface area contributed by atoms with Gasteiger partial charge in [0, 0.05) is 11.1 Å². The van der Waals surface area contributed by atoms with Gasteiger partial charge in [0.25, 0.3) is 0 Å². The van der Waals surface area contributed by atoms with Gasteiger partial charge in [-0.25, -0.2) is 0 Å². The molecule has 6 aromatic rings. The van der Waals surface area contributed by atoms with E-state index in [1.165, 1.54) is 44.5 Å². The van der Waals surface area contributed by atoms with Crippen molar-refractivity contribution < 1.29 is 9.05 Å². The fourth-order valence-corrected chi connectivity index (χ4v) is 7.24. The highest BCUT2D eigenvalue weighted by Gasteiger charge is 2.51. The maximum absolute atomic E-state index is 5.58. The van der Waals surface area contributed by atoms with Gasteiger partial charge in [0.2, 0.25) is 0 Å². The summed E-state index contributed by atoms with van der Waals surface area (Å²) in [6, 6.07) is 31.5. The van der Waals surface area contributed by atoms with Crippen molar-refractivity contribution in [1.82, 2.24) is 10.3 Å². The van der Waals surface area contributed by atoms with E-state index in [1.807, 2.05) is 27.7 Å². The second-order valence-electron chi connectivity index (χ2n) is 10.8. The van der Waals surface area contributed by atoms with Crippen LogP contribution in [0.2, 0.25) is 0 Å². The number of rotatable bonds is 2. The molecule has 0 bridgehead atoms. The summed E-state index contributed by atoms with van der Waals surface area (Å²) in [5.41, 5.74) is 16.1. The van der Waals surface area contributed by atoms with E-state index in [0.717, 1.165) is 45.2 Å². The molecule has 2 aromatic heterocycles. The lowest BCUT2D eigenvalue weighted by molar-refractivity contribution is 0.393. The van der Waals surface area contributed by atoms with E-state index in [-0.39, 0.29) is 0 Å². The lowest BCUT2D eigenvalue weighted by Crippen LogP contribution is -2.26. The first-order valence-corrected chi connectivity index (χ1v) is 13.4. The van der Waals surface area contributed by atoms with Gasteiger partial charge in [0.15, 0.2) is 0 Å².